The molecule has 0 radical (unpaired) electrons. The van der Waals surface area contributed by atoms with E-state index in [4.69, 9.17) is 4.74 Å². The van der Waals surface area contributed by atoms with Crippen LogP contribution in [0.15, 0.2) is 57.8 Å². The number of amides is 1. The number of pyridine rings is 1. The normalized spacial score (nSPS) is 16.5. The number of fused-ring (bicyclic) bond motifs is 1. The summed E-state index contributed by atoms with van der Waals surface area (Å²) in [5.41, 5.74) is 0.868. The largest absolute Gasteiger partial charge is 0.445 e. The van der Waals surface area contributed by atoms with Crippen molar-refractivity contribution in [3.05, 3.63) is 80.3 Å². The molecular formula is C21H18BrFN2O3. The van der Waals surface area contributed by atoms with Crippen molar-refractivity contribution in [2.24, 2.45) is 0 Å². The van der Waals surface area contributed by atoms with Crippen LogP contribution in [0, 0.1) is 5.82 Å². The number of ether oxygens (including phenoxy) is 1. The van der Waals surface area contributed by atoms with Gasteiger partial charge in [0.25, 0.3) is 0 Å². The number of hydrogen-bond acceptors (Lipinski definition) is 3. The number of hydrogen-bond donors (Lipinski definition) is 1. The molecule has 2 heterocycles. The first-order chi connectivity index (χ1) is 13.5. The Morgan fingerprint density at radius 2 is 2.04 bits per heavy atom. The smallest absolute Gasteiger partial charge is 0.410 e. The number of nitrogens with zero attached hydrogens (tertiary/aromatic N) is 1. The predicted octanol–water partition coefficient (Wildman–Crippen LogP) is 4.90. The molecule has 28 heavy (non-hydrogen) atoms. The molecule has 1 atom stereocenters. The van der Waals surface area contributed by atoms with Gasteiger partial charge in [0.05, 0.1) is 17.3 Å². The summed E-state index contributed by atoms with van der Waals surface area (Å²) in [6, 6.07) is 13.8. The predicted molar refractivity (Wildman–Crippen MR) is 108 cm³/mol. The van der Waals surface area contributed by atoms with E-state index in [-0.39, 0.29) is 17.7 Å². The highest BCUT2D eigenvalue weighted by Gasteiger charge is 2.34. The highest BCUT2D eigenvalue weighted by molar-refractivity contribution is 9.10. The Bertz CT molecular complexity index is 1080. The molecule has 4 rings (SSSR count). The van der Waals surface area contributed by atoms with Crippen molar-refractivity contribution >= 4 is 32.9 Å². The van der Waals surface area contributed by atoms with Crippen LogP contribution in [0.25, 0.3) is 10.9 Å². The Kier molecular flexibility index (Phi) is 5.17. The first-order valence-corrected chi connectivity index (χ1v) is 9.82. The summed E-state index contributed by atoms with van der Waals surface area (Å²) in [6.45, 7) is 0.600. The van der Waals surface area contributed by atoms with E-state index in [1.54, 1.807) is 18.2 Å². The average molecular weight is 445 g/mol. The van der Waals surface area contributed by atoms with Gasteiger partial charge in [-0.05, 0) is 36.6 Å². The summed E-state index contributed by atoms with van der Waals surface area (Å²) in [7, 11) is 0. The van der Waals surface area contributed by atoms with Crippen molar-refractivity contribution in [2.45, 2.75) is 25.5 Å². The zero-order valence-corrected chi connectivity index (χ0v) is 16.5. The minimum absolute atomic E-state index is 0.129. The average Bonchev–Trinajstić information content (AvgIpc) is 3.19. The molecule has 0 aliphatic carbocycles. The van der Waals surface area contributed by atoms with Gasteiger partial charge in [-0.15, -0.1) is 0 Å². The zero-order valence-electron chi connectivity index (χ0n) is 15.0. The molecule has 144 valence electrons. The van der Waals surface area contributed by atoms with Gasteiger partial charge < -0.3 is 9.72 Å². The summed E-state index contributed by atoms with van der Waals surface area (Å²) in [6.07, 6.45) is 0.761. The maximum atomic E-state index is 14.8. The fourth-order valence-electron chi connectivity index (χ4n) is 3.58. The molecule has 0 saturated carbocycles. The van der Waals surface area contributed by atoms with Crippen LogP contribution < -0.4 is 5.43 Å². The lowest BCUT2D eigenvalue weighted by molar-refractivity contribution is 0.0910. The minimum atomic E-state index is -0.845. The number of rotatable bonds is 3. The first-order valence-electron chi connectivity index (χ1n) is 9.03. The van der Waals surface area contributed by atoms with Gasteiger partial charge in [0, 0.05) is 16.4 Å². The van der Waals surface area contributed by atoms with E-state index in [0.717, 1.165) is 10.0 Å². The highest BCUT2D eigenvalue weighted by Crippen LogP contribution is 2.33. The quantitative estimate of drug-likeness (QED) is 0.624. The summed E-state index contributed by atoms with van der Waals surface area (Å²) in [5.74, 6) is -0.845. The van der Waals surface area contributed by atoms with Crippen molar-refractivity contribution in [1.29, 1.82) is 0 Å². The Hall–Kier alpha value is -2.67. The number of likely N-dealkylation sites (tertiary alicyclic amines) is 1. The molecule has 1 amide bonds. The van der Waals surface area contributed by atoms with Crippen molar-refractivity contribution in [3.8, 4) is 0 Å². The van der Waals surface area contributed by atoms with Crippen LogP contribution in [0.4, 0.5) is 9.18 Å². The molecular weight excluding hydrogens is 427 g/mol. The summed E-state index contributed by atoms with van der Waals surface area (Å²) in [5, 5.41) is 0.278. The number of halogens is 2. The molecule has 5 nitrogen and oxygen atoms in total. The number of carbonyl (C=O) groups excluding carboxylic acids is 1. The van der Waals surface area contributed by atoms with E-state index in [1.165, 1.54) is 4.90 Å². The number of benzene rings is 2. The molecule has 1 saturated heterocycles. The molecule has 0 spiro atoms. The minimum Gasteiger partial charge on any atom is -0.445 e. The van der Waals surface area contributed by atoms with E-state index in [0.29, 0.717) is 24.9 Å². The molecule has 1 aliphatic heterocycles. The third kappa shape index (κ3) is 3.54. The van der Waals surface area contributed by atoms with Crippen LogP contribution in [0.3, 0.4) is 0 Å². The molecule has 1 aliphatic rings. The van der Waals surface area contributed by atoms with Crippen molar-refractivity contribution in [3.63, 3.8) is 0 Å². The molecule has 1 fully saturated rings. The molecule has 1 unspecified atom stereocenters. The lowest BCUT2D eigenvalue weighted by Crippen LogP contribution is -2.33. The van der Waals surface area contributed by atoms with Crippen LogP contribution in [0.2, 0.25) is 0 Å². The topological polar surface area (TPSA) is 62.4 Å². The Morgan fingerprint density at radius 3 is 2.82 bits per heavy atom. The van der Waals surface area contributed by atoms with Gasteiger partial charge >= 0.3 is 6.09 Å². The number of H-pyrrole nitrogens is 1. The van der Waals surface area contributed by atoms with Gasteiger partial charge in [0.2, 0.25) is 5.43 Å². The van der Waals surface area contributed by atoms with Gasteiger partial charge in [-0.1, -0.05) is 46.3 Å². The van der Waals surface area contributed by atoms with E-state index in [9.17, 15) is 14.0 Å². The molecule has 1 aromatic heterocycles. The van der Waals surface area contributed by atoms with Crippen molar-refractivity contribution < 1.29 is 13.9 Å². The fourth-order valence-corrected chi connectivity index (χ4v) is 3.94. The van der Waals surface area contributed by atoms with E-state index >= 15 is 0 Å². The lowest BCUT2D eigenvalue weighted by atomic mass is 10.1. The van der Waals surface area contributed by atoms with Crippen LogP contribution in [0.5, 0.6) is 0 Å². The standard InChI is InChI=1S/C21H18BrFN2O3/c22-14-8-9-15-16(11-14)24-19(18(23)20(15)26)17-7-4-10-25(17)21(27)28-12-13-5-2-1-3-6-13/h1-3,5-6,8-9,11,17H,4,7,10,12H2,(H,24,26). The molecule has 1 N–H and O–H groups in total. The van der Waals surface area contributed by atoms with E-state index in [1.807, 2.05) is 30.3 Å². The van der Waals surface area contributed by atoms with Gasteiger partial charge in [0.1, 0.15) is 6.61 Å². The maximum absolute atomic E-state index is 14.8. The van der Waals surface area contributed by atoms with Crippen LogP contribution >= 0.6 is 15.9 Å². The summed E-state index contributed by atoms with van der Waals surface area (Å²) >= 11 is 3.36. The van der Waals surface area contributed by atoms with Gasteiger partial charge in [0.15, 0.2) is 5.82 Å². The first kappa shape index (κ1) is 18.7. The number of carbonyl (C=O) groups is 1. The Morgan fingerprint density at radius 1 is 1.25 bits per heavy atom. The summed E-state index contributed by atoms with van der Waals surface area (Å²) < 4.78 is 21.0. The number of nitrogens with one attached hydrogen (secondary N) is 1. The van der Waals surface area contributed by atoms with Crippen molar-refractivity contribution in [2.75, 3.05) is 6.54 Å². The van der Waals surface area contributed by atoms with Gasteiger partial charge in [-0.2, -0.15) is 0 Å². The third-order valence-corrected chi connectivity index (χ3v) is 5.45. The monoisotopic (exact) mass is 444 g/mol. The molecule has 2 aromatic carbocycles. The Labute approximate surface area is 169 Å². The van der Waals surface area contributed by atoms with Crippen LogP contribution in [-0.2, 0) is 11.3 Å². The number of aromatic nitrogens is 1. The number of aromatic amines is 1. The molecule has 3 aromatic rings. The second-order valence-electron chi connectivity index (χ2n) is 6.76. The van der Waals surface area contributed by atoms with E-state index < -0.39 is 23.4 Å². The van der Waals surface area contributed by atoms with Crippen LogP contribution in [-0.4, -0.2) is 22.5 Å². The molecule has 7 heteroatoms. The third-order valence-electron chi connectivity index (χ3n) is 4.96. The second kappa shape index (κ2) is 7.75. The van der Waals surface area contributed by atoms with E-state index in [2.05, 4.69) is 20.9 Å². The lowest BCUT2D eigenvalue weighted by Gasteiger charge is -2.24. The van der Waals surface area contributed by atoms with Crippen LogP contribution in [0.1, 0.15) is 30.1 Å². The zero-order chi connectivity index (χ0) is 19.7. The van der Waals surface area contributed by atoms with Gasteiger partial charge in [-0.25, -0.2) is 9.18 Å². The van der Waals surface area contributed by atoms with Crippen molar-refractivity contribution in [1.82, 2.24) is 9.88 Å². The summed E-state index contributed by atoms with van der Waals surface area (Å²) in [4.78, 5) is 29.6. The highest BCUT2D eigenvalue weighted by atomic mass is 79.9. The fraction of sp³-hybridized carbons (Fsp3) is 0.238. The maximum Gasteiger partial charge on any atom is 0.410 e. The second-order valence-corrected chi connectivity index (χ2v) is 7.68. The Balaban J connectivity index is 1.62. The van der Waals surface area contributed by atoms with Gasteiger partial charge in [-0.3, -0.25) is 9.69 Å². The SMILES string of the molecule is O=C(OCc1ccccc1)N1CCCC1c1[nH]c2cc(Br)ccc2c(=O)c1F. The molecule has 0 bridgehead atoms.